The van der Waals surface area contributed by atoms with E-state index in [-0.39, 0.29) is 0 Å². The molecule has 0 saturated carbocycles. The quantitative estimate of drug-likeness (QED) is 0.330. The summed E-state index contributed by atoms with van der Waals surface area (Å²) in [4.78, 5) is 25.5. The van der Waals surface area contributed by atoms with Crippen molar-refractivity contribution in [3.63, 3.8) is 0 Å². The minimum atomic E-state index is -0.450. The Labute approximate surface area is 183 Å². The molecule has 1 aliphatic heterocycles. The van der Waals surface area contributed by atoms with Crippen molar-refractivity contribution in [3.8, 4) is 11.5 Å². The topological polar surface area (TPSA) is 68.2 Å². The van der Waals surface area contributed by atoms with E-state index in [1.165, 1.54) is 0 Å². The fraction of sp³-hybridized carbons (Fsp3) is 0.227. The Hall–Kier alpha value is -2.68. The Balaban J connectivity index is 1.91. The number of ether oxygens (including phenoxy) is 2. The highest BCUT2D eigenvalue weighted by Crippen LogP contribution is 2.35. The van der Waals surface area contributed by atoms with Crippen LogP contribution in [0.5, 0.6) is 11.5 Å². The molecule has 3 rings (SSSR count). The number of benzene rings is 2. The molecular formula is C22H21IN2O4. The first-order valence-electron chi connectivity index (χ1n) is 9.17. The summed E-state index contributed by atoms with van der Waals surface area (Å²) >= 11 is 2.18. The van der Waals surface area contributed by atoms with Crippen LogP contribution in [0.25, 0.3) is 6.08 Å². The number of halogens is 1. The van der Waals surface area contributed by atoms with E-state index >= 15 is 0 Å². The van der Waals surface area contributed by atoms with E-state index in [2.05, 4.69) is 27.7 Å². The van der Waals surface area contributed by atoms with Crippen molar-refractivity contribution in [1.82, 2.24) is 5.01 Å². The maximum Gasteiger partial charge on any atom is 0.283 e. The van der Waals surface area contributed by atoms with Gasteiger partial charge in [0.2, 0.25) is 0 Å². The molecule has 0 unspecified atom stereocenters. The van der Waals surface area contributed by atoms with Gasteiger partial charge in [0.15, 0.2) is 11.5 Å². The number of hydrogen-bond acceptors (Lipinski definition) is 5. The summed E-state index contributed by atoms with van der Waals surface area (Å²) in [5.41, 5.74) is 2.03. The first-order chi connectivity index (χ1) is 14.0. The summed E-state index contributed by atoms with van der Waals surface area (Å²) < 4.78 is 12.1. The fourth-order valence-electron chi connectivity index (χ4n) is 2.86. The number of hydrazone groups is 1. The highest BCUT2D eigenvalue weighted by atomic mass is 127. The number of carbonyl (C=O) groups is 2. The number of hydrogen-bond donors (Lipinski definition) is 0. The van der Waals surface area contributed by atoms with E-state index in [4.69, 9.17) is 9.47 Å². The smallest absolute Gasteiger partial charge is 0.283 e. The third kappa shape index (κ3) is 4.50. The molecule has 7 heteroatoms. The largest absolute Gasteiger partial charge is 0.493 e. The second kappa shape index (κ2) is 9.21. The van der Waals surface area contributed by atoms with Gasteiger partial charge in [-0.2, -0.15) is 10.1 Å². The lowest BCUT2D eigenvalue weighted by atomic mass is 10.1. The monoisotopic (exact) mass is 504 g/mol. The highest BCUT2D eigenvalue weighted by molar-refractivity contribution is 14.1. The van der Waals surface area contributed by atoms with Crippen LogP contribution in [0, 0.1) is 3.57 Å². The highest BCUT2D eigenvalue weighted by Gasteiger charge is 2.33. The van der Waals surface area contributed by atoms with Crippen LogP contribution in [-0.4, -0.2) is 36.3 Å². The summed E-state index contributed by atoms with van der Waals surface area (Å²) in [7, 11) is 1.58. The summed E-state index contributed by atoms with van der Waals surface area (Å²) in [5.74, 6) is 0.376. The van der Waals surface area contributed by atoms with Crippen molar-refractivity contribution in [1.29, 1.82) is 0 Å². The van der Waals surface area contributed by atoms with Crippen LogP contribution in [0.3, 0.4) is 0 Å². The number of methoxy groups -OCH3 is 1. The molecule has 0 aliphatic carbocycles. The molecule has 1 aliphatic rings. The van der Waals surface area contributed by atoms with Crippen LogP contribution >= 0.6 is 22.6 Å². The summed E-state index contributed by atoms with van der Waals surface area (Å²) in [6, 6.07) is 12.3. The van der Waals surface area contributed by atoms with Gasteiger partial charge in [0.1, 0.15) is 0 Å². The average Bonchev–Trinajstić information content (AvgIpc) is 3.01. The summed E-state index contributed by atoms with van der Waals surface area (Å²) in [6.45, 7) is 4.34. The molecule has 150 valence electrons. The zero-order chi connectivity index (χ0) is 21.0. The second-order valence-corrected chi connectivity index (χ2v) is 7.58. The van der Waals surface area contributed by atoms with Gasteiger partial charge in [-0.3, -0.25) is 9.59 Å². The van der Waals surface area contributed by atoms with Gasteiger partial charge in [-0.05, 0) is 71.8 Å². The molecule has 1 heterocycles. The second-order valence-electron chi connectivity index (χ2n) is 6.41. The molecule has 0 fully saturated rings. The Bertz CT molecular complexity index is 999. The molecule has 0 radical (unpaired) electrons. The average molecular weight is 504 g/mol. The van der Waals surface area contributed by atoms with Crippen molar-refractivity contribution in [2.24, 2.45) is 5.10 Å². The van der Waals surface area contributed by atoms with Crippen molar-refractivity contribution in [2.45, 2.75) is 20.3 Å². The molecule has 2 amide bonds. The third-order valence-electron chi connectivity index (χ3n) is 4.29. The van der Waals surface area contributed by atoms with Crippen LogP contribution < -0.4 is 9.47 Å². The Morgan fingerprint density at radius 1 is 1.24 bits per heavy atom. The predicted octanol–water partition coefficient (Wildman–Crippen LogP) is 4.53. The molecule has 0 aromatic heterocycles. The molecule has 0 saturated heterocycles. The molecule has 0 atom stereocenters. The van der Waals surface area contributed by atoms with Crippen LogP contribution in [0.2, 0.25) is 0 Å². The van der Waals surface area contributed by atoms with Crippen molar-refractivity contribution in [2.75, 3.05) is 13.7 Å². The first-order valence-corrected chi connectivity index (χ1v) is 10.3. The standard InChI is InChI=1S/C22H21IN2O4/c1-4-10-29-20-18(23)12-15(13-19(20)28-3)11-17-14(2)24-25(22(17)27)21(26)16-8-6-5-7-9-16/h5-9,11-13H,4,10H2,1-3H3/b17-11+. The van der Waals surface area contributed by atoms with Crippen LogP contribution in [-0.2, 0) is 4.79 Å². The van der Waals surface area contributed by atoms with Gasteiger partial charge < -0.3 is 9.47 Å². The zero-order valence-electron chi connectivity index (χ0n) is 16.4. The number of rotatable bonds is 6. The molecule has 6 nitrogen and oxygen atoms in total. The molecule has 29 heavy (non-hydrogen) atoms. The number of nitrogens with zero attached hydrogens (tertiary/aromatic N) is 2. The van der Waals surface area contributed by atoms with Gasteiger partial charge in [-0.25, -0.2) is 0 Å². The van der Waals surface area contributed by atoms with Gasteiger partial charge in [0, 0.05) is 5.56 Å². The summed E-state index contributed by atoms with van der Waals surface area (Å²) in [5, 5.41) is 5.09. The molecule has 0 bridgehead atoms. The van der Waals surface area contributed by atoms with E-state index in [1.54, 1.807) is 44.4 Å². The molecule has 2 aromatic rings. The normalized spacial score (nSPS) is 14.9. The zero-order valence-corrected chi connectivity index (χ0v) is 18.6. The van der Waals surface area contributed by atoms with Gasteiger partial charge in [-0.15, -0.1) is 0 Å². The number of carbonyl (C=O) groups excluding carboxylic acids is 2. The number of imide groups is 1. The van der Waals surface area contributed by atoms with E-state index in [0.29, 0.717) is 35.0 Å². The first kappa shape index (κ1) is 21.0. The molecule has 0 N–H and O–H groups in total. The maximum absolute atomic E-state index is 12.8. The third-order valence-corrected chi connectivity index (χ3v) is 5.09. The van der Waals surface area contributed by atoms with Crippen molar-refractivity contribution < 1.29 is 19.1 Å². The van der Waals surface area contributed by atoms with Gasteiger partial charge in [0.25, 0.3) is 11.8 Å². The van der Waals surface area contributed by atoms with E-state index in [9.17, 15) is 9.59 Å². The predicted molar refractivity (Wildman–Crippen MR) is 120 cm³/mol. The van der Waals surface area contributed by atoms with Crippen molar-refractivity contribution in [3.05, 3.63) is 62.7 Å². The van der Waals surface area contributed by atoms with Crippen LogP contribution in [0.15, 0.2) is 53.1 Å². The van der Waals surface area contributed by atoms with Gasteiger partial charge >= 0.3 is 0 Å². The van der Waals surface area contributed by atoms with Crippen molar-refractivity contribution >= 4 is 46.2 Å². The van der Waals surface area contributed by atoms with Gasteiger partial charge in [-0.1, -0.05) is 25.1 Å². The fourth-order valence-corrected chi connectivity index (χ4v) is 3.64. The maximum atomic E-state index is 12.8. The van der Waals surface area contributed by atoms with Crippen LogP contribution in [0.1, 0.15) is 36.2 Å². The Morgan fingerprint density at radius 2 is 1.97 bits per heavy atom. The lowest BCUT2D eigenvalue weighted by molar-refractivity contribution is -0.123. The van der Waals surface area contributed by atoms with E-state index in [0.717, 1.165) is 20.6 Å². The van der Waals surface area contributed by atoms with Gasteiger partial charge in [0.05, 0.1) is 28.6 Å². The van der Waals surface area contributed by atoms with Crippen LogP contribution in [0.4, 0.5) is 0 Å². The number of amides is 2. The molecular weight excluding hydrogens is 483 g/mol. The Morgan fingerprint density at radius 3 is 2.62 bits per heavy atom. The summed E-state index contributed by atoms with van der Waals surface area (Å²) in [6.07, 6.45) is 2.61. The SMILES string of the molecule is CCCOc1c(I)cc(/C=C2/C(=O)N(C(=O)c3ccccc3)N=C2C)cc1OC. The van der Waals surface area contributed by atoms with E-state index < -0.39 is 11.8 Å². The lowest BCUT2D eigenvalue weighted by Gasteiger charge is -2.13. The minimum Gasteiger partial charge on any atom is -0.493 e. The molecule has 0 spiro atoms. The van der Waals surface area contributed by atoms with E-state index in [1.807, 2.05) is 25.1 Å². The Kier molecular flexibility index (Phi) is 6.68. The lowest BCUT2D eigenvalue weighted by Crippen LogP contribution is -2.29. The minimum absolute atomic E-state index is 0.370. The molecule has 2 aromatic carbocycles.